The Kier molecular flexibility index (Phi) is 1.97. The fourth-order valence-electron chi connectivity index (χ4n) is 2.26. The first-order chi connectivity index (χ1) is 6.93. The lowest BCUT2D eigenvalue weighted by Crippen LogP contribution is -2.23. The average molecular weight is 187 g/mol. The van der Waals surface area contributed by atoms with Gasteiger partial charge >= 0.3 is 0 Å². The number of hydrogen-bond acceptors (Lipinski definition) is 1. The normalized spacial score (nSPS) is 21.2. The van der Waals surface area contributed by atoms with Gasteiger partial charge < -0.3 is 5.32 Å². The van der Waals surface area contributed by atoms with Gasteiger partial charge in [0.15, 0.2) is 0 Å². The van der Waals surface area contributed by atoms with Crippen LogP contribution in [0.15, 0.2) is 30.3 Å². The predicted molar refractivity (Wildman–Crippen MR) is 59.3 cm³/mol. The van der Waals surface area contributed by atoms with E-state index in [0.29, 0.717) is 0 Å². The summed E-state index contributed by atoms with van der Waals surface area (Å²) in [4.78, 5) is 0. The molecule has 0 saturated heterocycles. The predicted octanol–water partition coefficient (Wildman–Crippen LogP) is 3.29. The van der Waals surface area contributed by atoms with Crippen molar-refractivity contribution in [2.45, 2.75) is 31.7 Å². The standard InChI is InChI=1S/C13H17N/c1-2-4-12(5-3-1)14-13(10-6-7-10)11-8-9-11/h1-5,10-11,13-14H,6-9H2. The molecule has 2 aliphatic rings. The Morgan fingerprint density at radius 1 is 0.929 bits per heavy atom. The minimum absolute atomic E-state index is 0.775. The van der Waals surface area contributed by atoms with Crippen molar-refractivity contribution in [3.63, 3.8) is 0 Å². The molecule has 74 valence electrons. The first kappa shape index (κ1) is 8.34. The van der Waals surface area contributed by atoms with Gasteiger partial charge in [-0.25, -0.2) is 0 Å². The lowest BCUT2D eigenvalue weighted by molar-refractivity contribution is 0.568. The van der Waals surface area contributed by atoms with Crippen molar-refractivity contribution in [3.8, 4) is 0 Å². The zero-order valence-corrected chi connectivity index (χ0v) is 8.45. The van der Waals surface area contributed by atoms with Crippen LogP contribution in [0.25, 0.3) is 0 Å². The summed E-state index contributed by atoms with van der Waals surface area (Å²) in [6.45, 7) is 0. The molecule has 0 aliphatic heterocycles. The molecule has 1 N–H and O–H groups in total. The largest absolute Gasteiger partial charge is 0.382 e. The van der Waals surface area contributed by atoms with Gasteiger partial charge in [-0.3, -0.25) is 0 Å². The molecule has 0 bridgehead atoms. The number of hydrogen-bond donors (Lipinski definition) is 1. The monoisotopic (exact) mass is 187 g/mol. The van der Waals surface area contributed by atoms with E-state index >= 15 is 0 Å². The van der Waals surface area contributed by atoms with Crippen LogP contribution < -0.4 is 5.32 Å². The van der Waals surface area contributed by atoms with E-state index in [1.54, 1.807) is 0 Å². The van der Waals surface area contributed by atoms with Crippen molar-refractivity contribution in [2.75, 3.05) is 5.32 Å². The summed E-state index contributed by atoms with van der Waals surface area (Å²) in [6, 6.07) is 11.4. The Balaban J connectivity index is 1.69. The Hall–Kier alpha value is -0.980. The minimum atomic E-state index is 0.775. The SMILES string of the molecule is c1ccc(NC(C2CC2)C2CC2)cc1. The van der Waals surface area contributed by atoms with E-state index in [0.717, 1.165) is 17.9 Å². The lowest BCUT2D eigenvalue weighted by Gasteiger charge is -2.18. The van der Waals surface area contributed by atoms with E-state index in [-0.39, 0.29) is 0 Å². The summed E-state index contributed by atoms with van der Waals surface area (Å²) < 4.78 is 0. The molecule has 14 heavy (non-hydrogen) atoms. The van der Waals surface area contributed by atoms with Gasteiger partial charge in [0.05, 0.1) is 0 Å². The van der Waals surface area contributed by atoms with E-state index in [1.165, 1.54) is 31.4 Å². The van der Waals surface area contributed by atoms with Gasteiger partial charge in [-0.2, -0.15) is 0 Å². The third-order valence-corrected chi connectivity index (χ3v) is 3.37. The van der Waals surface area contributed by atoms with Crippen LogP contribution in [0.3, 0.4) is 0 Å². The molecule has 3 rings (SSSR count). The summed E-state index contributed by atoms with van der Waals surface area (Å²) in [5.41, 5.74) is 1.30. The highest BCUT2D eigenvalue weighted by Gasteiger charge is 2.41. The summed E-state index contributed by atoms with van der Waals surface area (Å²) in [7, 11) is 0. The third kappa shape index (κ3) is 1.77. The van der Waals surface area contributed by atoms with Crippen molar-refractivity contribution >= 4 is 5.69 Å². The van der Waals surface area contributed by atoms with Crippen LogP contribution >= 0.6 is 0 Å². The average Bonchev–Trinajstić information content (AvgIpc) is 3.08. The molecule has 0 aromatic heterocycles. The van der Waals surface area contributed by atoms with E-state index in [2.05, 4.69) is 35.6 Å². The van der Waals surface area contributed by atoms with Gasteiger partial charge in [0, 0.05) is 11.7 Å². The smallest absolute Gasteiger partial charge is 0.0342 e. The van der Waals surface area contributed by atoms with Crippen LogP contribution in [0.1, 0.15) is 25.7 Å². The fraction of sp³-hybridized carbons (Fsp3) is 0.538. The van der Waals surface area contributed by atoms with Gasteiger partial charge in [0.25, 0.3) is 0 Å². The van der Waals surface area contributed by atoms with Gasteiger partial charge in [0.1, 0.15) is 0 Å². The molecule has 2 aliphatic carbocycles. The molecule has 1 aromatic carbocycles. The molecule has 0 atom stereocenters. The molecule has 1 heteroatoms. The summed E-state index contributed by atoms with van der Waals surface area (Å²) in [5.74, 6) is 1.95. The third-order valence-electron chi connectivity index (χ3n) is 3.37. The highest BCUT2D eigenvalue weighted by atomic mass is 15.0. The maximum Gasteiger partial charge on any atom is 0.0342 e. The van der Waals surface area contributed by atoms with Gasteiger partial charge in [-0.05, 0) is 49.7 Å². The van der Waals surface area contributed by atoms with Crippen LogP contribution in [0.2, 0.25) is 0 Å². The topological polar surface area (TPSA) is 12.0 Å². The van der Waals surface area contributed by atoms with Gasteiger partial charge in [0.2, 0.25) is 0 Å². The van der Waals surface area contributed by atoms with Crippen LogP contribution in [-0.2, 0) is 0 Å². The van der Waals surface area contributed by atoms with Crippen molar-refractivity contribution < 1.29 is 0 Å². The zero-order chi connectivity index (χ0) is 9.38. The second kappa shape index (κ2) is 3.30. The zero-order valence-electron chi connectivity index (χ0n) is 8.45. The summed E-state index contributed by atoms with van der Waals surface area (Å²) in [6.07, 6.45) is 5.78. The number of rotatable bonds is 4. The Morgan fingerprint density at radius 2 is 1.50 bits per heavy atom. The first-order valence-electron chi connectivity index (χ1n) is 5.75. The van der Waals surface area contributed by atoms with Crippen molar-refractivity contribution in [1.82, 2.24) is 0 Å². The van der Waals surface area contributed by atoms with E-state index in [1.807, 2.05) is 0 Å². The summed E-state index contributed by atoms with van der Waals surface area (Å²) in [5, 5.41) is 3.70. The Bertz CT molecular complexity index is 286. The molecule has 2 saturated carbocycles. The maximum absolute atomic E-state index is 3.70. The first-order valence-corrected chi connectivity index (χ1v) is 5.75. The van der Waals surface area contributed by atoms with Crippen LogP contribution in [0, 0.1) is 11.8 Å². The highest BCUT2D eigenvalue weighted by Crippen LogP contribution is 2.45. The van der Waals surface area contributed by atoms with E-state index < -0.39 is 0 Å². The molecule has 0 unspecified atom stereocenters. The molecule has 0 radical (unpaired) electrons. The second-order valence-electron chi connectivity index (χ2n) is 4.71. The molecule has 1 aromatic rings. The van der Waals surface area contributed by atoms with Gasteiger partial charge in [-0.1, -0.05) is 18.2 Å². The molecule has 1 nitrogen and oxygen atoms in total. The Labute approximate surface area is 85.5 Å². The summed E-state index contributed by atoms with van der Waals surface area (Å²) >= 11 is 0. The van der Waals surface area contributed by atoms with Crippen LogP contribution in [-0.4, -0.2) is 6.04 Å². The Morgan fingerprint density at radius 3 is 2.00 bits per heavy atom. The number of benzene rings is 1. The highest BCUT2D eigenvalue weighted by molar-refractivity contribution is 5.44. The molecule has 0 heterocycles. The van der Waals surface area contributed by atoms with Crippen molar-refractivity contribution in [1.29, 1.82) is 0 Å². The molecule has 0 amide bonds. The maximum atomic E-state index is 3.70. The van der Waals surface area contributed by atoms with Gasteiger partial charge in [-0.15, -0.1) is 0 Å². The minimum Gasteiger partial charge on any atom is -0.382 e. The number of anilines is 1. The molecule has 2 fully saturated rings. The second-order valence-corrected chi connectivity index (χ2v) is 4.71. The van der Waals surface area contributed by atoms with Crippen molar-refractivity contribution in [2.24, 2.45) is 11.8 Å². The number of nitrogens with one attached hydrogen (secondary N) is 1. The van der Waals surface area contributed by atoms with E-state index in [4.69, 9.17) is 0 Å². The quantitative estimate of drug-likeness (QED) is 0.762. The molecular weight excluding hydrogens is 170 g/mol. The number of para-hydroxylation sites is 1. The van der Waals surface area contributed by atoms with Crippen molar-refractivity contribution in [3.05, 3.63) is 30.3 Å². The molecule has 0 spiro atoms. The van der Waals surface area contributed by atoms with Crippen LogP contribution in [0.4, 0.5) is 5.69 Å². The van der Waals surface area contributed by atoms with E-state index in [9.17, 15) is 0 Å². The molecular formula is C13H17N. The fourth-order valence-corrected chi connectivity index (χ4v) is 2.26. The lowest BCUT2D eigenvalue weighted by atomic mass is 10.1. The van der Waals surface area contributed by atoms with Crippen LogP contribution in [0.5, 0.6) is 0 Å².